The molecule has 1 N–H and O–H groups in total. The van der Waals surface area contributed by atoms with Gasteiger partial charge in [0.25, 0.3) is 0 Å². The van der Waals surface area contributed by atoms with Crippen LogP contribution in [-0.2, 0) is 20.7 Å². The Hall–Kier alpha value is -1.39. The molecule has 1 heterocycles. The number of rotatable bonds is 6. The first-order chi connectivity index (χ1) is 9.18. The first-order valence-electron chi connectivity index (χ1n) is 6.59. The van der Waals surface area contributed by atoms with Gasteiger partial charge in [-0.2, -0.15) is 0 Å². The third-order valence-electron chi connectivity index (χ3n) is 3.67. The van der Waals surface area contributed by atoms with E-state index in [0.717, 1.165) is 13.0 Å². The second-order valence-electron chi connectivity index (χ2n) is 5.12. The summed E-state index contributed by atoms with van der Waals surface area (Å²) in [6, 6.07) is 8.35. The van der Waals surface area contributed by atoms with Crippen LogP contribution >= 0.6 is 0 Å². The molecule has 1 aliphatic rings. The standard InChI is InChI=1S/C15H21NO3/c1-12-5-3-4-6-13(12)7-8-16-9-15(10-19-11-15)14(17)18-2/h3-6,16H,7-11H2,1-2H3. The van der Waals surface area contributed by atoms with Crippen molar-refractivity contribution in [2.24, 2.45) is 5.41 Å². The summed E-state index contributed by atoms with van der Waals surface area (Å²) in [5.74, 6) is -0.179. The highest BCUT2D eigenvalue weighted by Crippen LogP contribution is 2.28. The van der Waals surface area contributed by atoms with Gasteiger partial charge in [-0.1, -0.05) is 24.3 Å². The van der Waals surface area contributed by atoms with Gasteiger partial charge in [0.15, 0.2) is 0 Å². The third kappa shape index (κ3) is 3.14. The maximum Gasteiger partial charge on any atom is 0.317 e. The number of carbonyl (C=O) groups is 1. The number of carbonyl (C=O) groups excluding carboxylic acids is 1. The molecule has 104 valence electrons. The molecular formula is C15H21NO3. The molecule has 0 saturated carbocycles. The van der Waals surface area contributed by atoms with Gasteiger partial charge in [0.2, 0.25) is 0 Å². The SMILES string of the molecule is COC(=O)C1(CNCCc2ccccc2C)COC1. The molecule has 0 aromatic heterocycles. The van der Waals surface area contributed by atoms with Crippen LogP contribution in [0.25, 0.3) is 0 Å². The summed E-state index contributed by atoms with van der Waals surface area (Å²) >= 11 is 0. The maximum atomic E-state index is 11.7. The Kier molecular flexibility index (Phi) is 4.56. The lowest BCUT2D eigenvalue weighted by Gasteiger charge is -2.38. The smallest absolute Gasteiger partial charge is 0.317 e. The van der Waals surface area contributed by atoms with Crippen LogP contribution in [0.3, 0.4) is 0 Å². The van der Waals surface area contributed by atoms with Gasteiger partial charge < -0.3 is 14.8 Å². The number of ether oxygens (including phenoxy) is 2. The van der Waals surface area contributed by atoms with Crippen molar-refractivity contribution in [2.45, 2.75) is 13.3 Å². The normalized spacial score (nSPS) is 16.7. The van der Waals surface area contributed by atoms with E-state index in [1.54, 1.807) is 0 Å². The van der Waals surface area contributed by atoms with Gasteiger partial charge >= 0.3 is 5.97 Å². The van der Waals surface area contributed by atoms with E-state index in [2.05, 4.69) is 30.4 Å². The number of methoxy groups -OCH3 is 1. The minimum absolute atomic E-state index is 0.179. The average molecular weight is 263 g/mol. The van der Waals surface area contributed by atoms with Crippen molar-refractivity contribution in [2.75, 3.05) is 33.4 Å². The predicted molar refractivity (Wildman–Crippen MR) is 73.0 cm³/mol. The zero-order chi connectivity index (χ0) is 13.7. The van der Waals surface area contributed by atoms with Crippen molar-refractivity contribution in [1.29, 1.82) is 0 Å². The van der Waals surface area contributed by atoms with E-state index in [-0.39, 0.29) is 5.97 Å². The molecule has 1 saturated heterocycles. The lowest BCUT2D eigenvalue weighted by atomic mass is 9.86. The average Bonchev–Trinajstić information content (AvgIpc) is 2.38. The van der Waals surface area contributed by atoms with Gasteiger partial charge in [0.1, 0.15) is 5.41 Å². The molecule has 4 nitrogen and oxygen atoms in total. The van der Waals surface area contributed by atoms with Gasteiger partial charge in [-0.05, 0) is 31.0 Å². The molecule has 0 bridgehead atoms. The molecule has 0 spiro atoms. The second-order valence-corrected chi connectivity index (χ2v) is 5.12. The summed E-state index contributed by atoms with van der Waals surface area (Å²) in [6.45, 7) is 4.49. The first kappa shape index (κ1) is 14.0. The van der Waals surface area contributed by atoms with E-state index in [4.69, 9.17) is 9.47 Å². The van der Waals surface area contributed by atoms with E-state index < -0.39 is 5.41 Å². The molecule has 0 amide bonds. The van der Waals surface area contributed by atoms with Gasteiger partial charge in [-0.15, -0.1) is 0 Å². The summed E-state index contributed by atoms with van der Waals surface area (Å²) in [6.07, 6.45) is 0.963. The molecule has 0 atom stereocenters. The van der Waals surface area contributed by atoms with E-state index in [9.17, 15) is 4.79 Å². The Bertz CT molecular complexity index is 441. The van der Waals surface area contributed by atoms with Crippen LogP contribution in [0, 0.1) is 12.3 Å². The van der Waals surface area contributed by atoms with Gasteiger partial charge in [-0.25, -0.2) is 0 Å². The number of benzene rings is 1. The number of nitrogens with one attached hydrogen (secondary N) is 1. The molecule has 2 rings (SSSR count). The highest BCUT2D eigenvalue weighted by Gasteiger charge is 2.46. The molecule has 0 radical (unpaired) electrons. The Labute approximate surface area is 114 Å². The fourth-order valence-corrected chi connectivity index (χ4v) is 2.30. The van der Waals surface area contributed by atoms with Crippen LogP contribution in [-0.4, -0.2) is 39.4 Å². The molecule has 1 fully saturated rings. The van der Waals surface area contributed by atoms with Crippen molar-refractivity contribution >= 4 is 5.97 Å². The summed E-state index contributed by atoms with van der Waals surface area (Å²) in [7, 11) is 1.43. The Morgan fingerprint density at radius 2 is 2.16 bits per heavy atom. The Morgan fingerprint density at radius 1 is 1.42 bits per heavy atom. The van der Waals surface area contributed by atoms with Crippen LogP contribution < -0.4 is 5.32 Å². The zero-order valence-electron chi connectivity index (χ0n) is 11.6. The van der Waals surface area contributed by atoms with Gasteiger partial charge in [0, 0.05) is 6.54 Å². The quantitative estimate of drug-likeness (QED) is 0.621. The number of hydrogen-bond acceptors (Lipinski definition) is 4. The third-order valence-corrected chi connectivity index (χ3v) is 3.67. The highest BCUT2D eigenvalue weighted by molar-refractivity contribution is 5.78. The lowest BCUT2D eigenvalue weighted by Crippen LogP contribution is -2.55. The summed E-state index contributed by atoms with van der Waals surface area (Å²) in [4.78, 5) is 11.7. The predicted octanol–water partition coefficient (Wildman–Crippen LogP) is 1.32. The fourth-order valence-electron chi connectivity index (χ4n) is 2.30. The molecule has 1 aliphatic heterocycles. The van der Waals surface area contributed by atoms with Crippen LogP contribution in [0.2, 0.25) is 0 Å². The number of aryl methyl sites for hydroxylation is 1. The van der Waals surface area contributed by atoms with Crippen molar-refractivity contribution in [1.82, 2.24) is 5.32 Å². The van der Waals surface area contributed by atoms with Crippen molar-refractivity contribution in [3.63, 3.8) is 0 Å². The molecule has 0 aliphatic carbocycles. The molecular weight excluding hydrogens is 242 g/mol. The highest BCUT2D eigenvalue weighted by atomic mass is 16.5. The van der Waals surface area contributed by atoms with Crippen molar-refractivity contribution < 1.29 is 14.3 Å². The second kappa shape index (κ2) is 6.17. The van der Waals surface area contributed by atoms with E-state index in [1.807, 2.05) is 6.07 Å². The van der Waals surface area contributed by atoms with Gasteiger partial charge in [0.05, 0.1) is 20.3 Å². The number of hydrogen-bond donors (Lipinski definition) is 1. The van der Waals surface area contributed by atoms with E-state index >= 15 is 0 Å². The van der Waals surface area contributed by atoms with E-state index in [0.29, 0.717) is 19.8 Å². The van der Waals surface area contributed by atoms with Crippen LogP contribution in [0.5, 0.6) is 0 Å². The minimum Gasteiger partial charge on any atom is -0.468 e. The van der Waals surface area contributed by atoms with Crippen LogP contribution in [0.4, 0.5) is 0 Å². The number of esters is 1. The molecule has 19 heavy (non-hydrogen) atoms. The largest absolute Gasteiger partial charge is 0.468 e. The summed E-state index contributed by atoms with van der Waals surface area (Å²) in [5.41, 5.74) is 2.17. The summed E-state index contributed by atoms with van der Waals surface area (Å²) in [5, 5.41) is 3.34. The zero-order valence-corrected chi connectivity index (χ0v) is 11.6. The molecule has 1 aromatic rings. The minimum atomic E-state index is -0.472. The van der Waals surface area contributed by atoms with E-state index in [1.165, 1.54) is 18.2 Å². The Morgan fingerprint density at radius 3 is 2.74 bits per heavy atom. The lowest BCUT2D eigenvalue weighted by molar-refractivity contribution is -0.182. The molecule has 1 aromatic carbocycles. The summed E-state index contributed by atoms with van der Waals surface area (Å²) < 4.78 is 9.99. The monoisotopic (exact) mass is 263 g/mol. The fraction of sp³-hybridized carbons (Fsp3) is 0.533. The van der Waals surface area contributed by atoms with Crippen molar-refractivity contribution in [3.8, 4) is 0 Å². The topological polar surface area (TPSA) is 47.6 Å². The van der Waals surface area contributed by atoms with Crippen LogP contribution in [0.15, 0.2) is 24.3 Å². The molecule has 4 heteroatoms. The van der Waals surface area contributed by atoms with Crippen LogP contribution in [0.1, 0.15) is 11.1 Å². The Balaban J connectivity index is 1.78. The van der Waals surface area contributed by atoms with Gasteiger partial charge in [-0.3, -0.25) is 4.79 Å². The molecule has 0 unspecified atom stereocenters. The van der Waals surface area contributed by atoms with Crippen molar-refractivity contribution in [3.05, 3.63) is 35.4 Å². The first-order valence-corrected chi connectivity index (χ1v) is 6.59. The maximum absolute atomic E-state index is 11.7.